The number of benzene rings is 1. The van der Waals surface area contributed by atoms with Crippen molar-refractivity contribution in [2.45, 2.75) is 33.2 Å². The molecule has 0 radical (unpaired) electrons. The second kappa shape index (κ2) is 7.58. The number of nitriles is 1. The summed E-state index contributed by atoms with van der Waals surface area (Å²) in [4.78, 5) is 23.0. The number of hydrogen-bond acceptors (Lipinski definition) is 4. The number of rotatable bonds is 6. The van der Waals surface area contributed by atoms with Gasteiger partial charge >= 0.3 is 0 Å². The van der Waals surface area contributed by atoms with Gasteiger partial charge in [0.1, 0.15) is 11.4 Å². The summed E-state index contributed by atoms with van der Waals surface area (Å²) in [6.07, 6.45) is 0. The van der Waals surface area contributed by atoms with E-state index >= 15 is 0 Å². The van der Waals surface area contributed by atoms with Crippen molar-refractivity contribution in [2.75, 3.05) is 17.2 Å². The lowest BCUT2D eigenvalue weighted by Gasteiger charge is -2.27. The molecule has 1 aromatic rings. The Morgan fingerprint density at radius 2 is 2.04 bits per heavy atom. The van der Waals surface area contributed by atoms with Crippen LogP contribution < -0.4 is 16.0 Å². The van der Waals surface area contributed by atoms with Gasteiger partial charge in [-0.2, -0.15) is 5.26 Å². The number of carbonyl (C=O) groups is 2. The summed E-state index contributed by atoms with van der Waals surface area (Å²) in [5.41, 5.74) is -0.476. The number of nitrogens with one attached hydrogen (secondary N) is 3. The van der Waals surface area contributed by atoms with Gasteiger partial charge < -0.3 is 16.0 Å². The average Bonchev–Trinajstić information content (AvgIpc) is 2.46. The molecule has 23 heavy (non-hydrogen) atoms. The Morgan fingerprint density at radius 1 is 1.39 bits per heavy atom. The van der Waals surface area contributed by atoms with Gasteiger partial charge in [0.25, 0.3) is 0 Å². The number of carbonyl (C=O) groups excluding carboxylic acids is 2. The number of amides is 2. The molecule has 1 aromatic carbocycles. The van der Waals surface area contributed by atoms with Crippen LogP contribution in [0.25, 0.3) is 0 Å². The van der Waals surface area contributed by atoms with Gasteiger partial charge in [0.15, 0.2) is 0 Å². The second-order valence-electron chi connectivity index (χ2n) is 5.75. The van der Waals surface area contributed by atoms with Gasteiger partial charge in [0.05, 0.1) is 18.3 Å². The Balaban J connectivity index is 2.73. The van der Waals surface area contributed by atoms with Crippen molar-refractivity contribution in [1.82, 2.24) is 5.32 Å². The van der Waals surface area contributed by atoms with Crippen molar-refractivity contribution >= 4 is 23.2 Å². The minimum Gasteiger partial charge on any atom is -0.374 e. The van der Waals surface area contributed by atoms with Gasteiger partial charge in [-0.1, -0.05) is 13.8 Å². The van der Waals surface area contributed by atoms with Crippen molar-refractivity contribution in [3.63, 3.8) is 0 Å². The van der Waals surface area contributed by atoms with E-state index in [1.807, 2.05) is 13.8 Å². The minimum atomic E-state index is -0.991. The minimum absolute atomic E-state index is 0.0729. The lowest BCUT2D eigenvalue weighted by atomic mass is 9.90. The van der Waals surface area contributed by atoms with Gasteiger partial charge in [-0.05, 0) is 31.0 Å². The first-order chi connectivity index (χ1) is 10.7. The summed E-state index contributed by atoms with van der Waals surface area (Å²) in [6, 6.07) is 6.08. The SMILES string of the molecule is CC(=O)Nc1ccc(F)c(NCC(=O)NC(C)(C#N)C(C)C)c1. The van der Waals surface area contributed by atoms with E-state index < -0.39 is 17.3 Å². The van der Waals surface area contributed by atoms with Crippen LogP contribution in [0, 0.1) is 23.1 Å². The van der Waals surface area contributed by atoms with Crippen LogP contribution in [0.1, 0.15) is 27.7 Å². The molecular formula is C16H21FN4O2. The summed E-state index contributed by atoms with van der Waals surface area (Å²) < 4.78 is 13.7. The maximum atomic E-state index is 13.7. The number of halogens is 1. The van der Waals surface area contributed by atoms with Crippen LogP contribution in [0.4, 0.5) is 15.8 Å². The van der Waals surface area contributed by atoms with Crippen molar-refractivity contribution in [1.29, 1.82) is 5.26 Å². The van der Waals surface area contributed by atoms with Gasteiger partial charge in [0.2, 0.25) is 11.8 Å². The molecule has 0 heterocycles. The van der Waals surface area contributed by atoms with Crippen LogP contribution in [0.15, 0.2) is 18.2 Å². The van der Waals surface area contributed by atoms with E-state index in [2.05, 4.69) is 22.0 Å². The monoisotopic (exact) mass is 320 g/mol. The van der Waals surface area contributed by atoms with E-state index in [1.54, 1.807) is 6.92 Å². The summed E-state index contributed by atoms with van der Waals surface area (Å²) in [7, 11) is 0. The quantitative estimate of drug-likeness (QED) is 0.749. The molecule has 0 saturated heterocycles. The fourth-order valence-corrected chi connectivity index (χ4v) is 1.75. The molecular weight excluding hydrogens is 299 g/mol. The smallest absolute Gasteiger partial charge is 0.240 e. The number of nitrogens with zero attached hydrogens (tertiary/aromatic N) is 1. The third-order valence-electron chi connectivity index (χ3n) is 3.51. The molecule has 0 saturated carbocycles. The first-order valence-electron chi connectivity index (χ1n) is 7.21. The van der Waals surface area contributed by atoms with E-state index in [0.717, 1.165) is 0 Å². The third kappa shape index (κ3) is 5.25. The largest absolute Gasteiger partial charge is 0.374 e. The molecule has 3 N–H and O–H groups in total. The molecule has 1 rings (SSSR count). The summed E-state index contributed by atoms with van der Waals surface area (Å²) in [5, 5.41) is 17.0. The van der Waals surface area contributed by atoms with Crippen LogP contribution in [0.3, 0.4) is 0 Å². The first kappa shape index (κ1) is 18.4. The Labute approximate surface area is 135 Å². The standard InChI is InChI=1S/C16H21FN4O2/c1-10(2)16(4,9-18)21-15(23)8-19-14-7-12(20-11(3)22)5-6-13(14)17/h5-7,10,19H,8H2,1-4H3,(H,20,22)(H,21,23). The van der Waals surface area contributed by atoms with Gasteiger partial charge in [-0.25, -0.2) is 4.39 Å². The van der Waals surface area contributed by atoms with Crippen molar-refractivity contribution < 1.29 is 14.0 Å². The van der Waals surface area contributed by atoms with E-state index in [1.165, 1.54) is 25.1 Å². The van der Waals surface area contributed by atoms with Gasteiger partial charge in [-0.3, -0.25) is 9.59 Å². The molecule has 0 spiro atoms. The molecule has 0 aliphatic rings. The van der Waals surface area contributed by atoms with E-state index in [9.17, 15) is 14.0 Å². The highest BCUT2D eigenvalue weighted by Crippen LogP contribution is 2.20. The normalized spacial score (nSPS) is 12.9. The van der Waals surface area contributed by atoms with Crippen LogP contribution in [-0.4, -0.2) is 23.9 Å². The van der Waals surface area contributed by atoms with Gasteiger partial charge in [0, 0.05) is 12.6 Å². The molecule has 6 nitrogen and oxygen atoms in total. The predicted octanol–water partition coefficient (Wildman–Crippen LogP) is 2.25. The van der Waals surface area contributed by atoms with Crippen molar-refractivity contribution in [2.24, 2.45) is 5.92 Å². The summed E-state index contributed by atoms with van der Waals surface area (Å²) in [5.74, 6) is -1.32. The van der Waals surface area contributed by atoms with E-state index in [4.69, 9.17) is 5.26 Å². The van der Waals surface area contributed by atoms with E-state index in [0.29, 0.717) is 5.69 Å². The molecule has 2 amide bonds. The maximum absolute atomic E-state index is 13.7. The first-order valence-corrected chi connectivity index (χ1v) is 7.21. The molecule has 7 heteroatoms. The molecule has 1 atom stereocenters. The summed E-state index contributed by atoms with van der Waals surface area (Å²) >= 11 is 0. The zero-order chi connectivity index (χ0) is 17.6. The molecule has 124 valence electrons. The molecule has 0 bridgehead atoms. The van der Waals surface area contributed by atoms with Crippen molar-refractivity contribution in [3.05, 3.63) is 24.0 Å². The zero-order valence-corrected chi connectivity index (χ0v) is 13.7. The Morgan fingerprint density at radius 3 is 2.57 bits per heavy atom. The highest BCUT2D eigenvalue weighted by Gasteiger charge is 2.29. The fourth-order valence-electron chi connectivity index (χ4n) is 1.75. The van der Waals surface area contributed by atoms with Crippen molar-refractivity contribution in [3.8, 4) is 6.07 Å². The van der Waals surface area contributed by atoms with Crippen LogP contribution in [0.5, 0.6) is 0 Å². The molecule has 0 aromatic heterocycles. The average molecular weight is 320 g/mol. The Bertz CT molecular complexity index is 639. The van der Waals surface area contributed by atoms with Gasteiger partial charge in [-0.15, -0.1) is 0 Å². The third-order valence-corrected chi connectivity index (χ3v) is 3.51. The highest BCUT2D eigenvalue weighted by molar-refractivity contribution is 5.89. The predicted molar refractivity (Wildman–Crippen MR) is 86.2 cm³/mol. The topological polar surface area (TPSA) is 94.0 Å². The number of anilines is 2. The molecule has 0 aliphatic carbocycles. The summed E-state index contributed by atoms with van der Waals surface area (Å²) in [6.45, 7) is 6.44. The highest BCUT2D eigenvalue weighted by atomic mass is 19.1. The maximum Gasteiger partial charge on any atom is 0.240 e. The lowest BCUT2D eigenvalue weighted by molar-refractivity contribution is -0.121. The van der Waals surface area contributed by atoms with Crippen LogP contribution >= 0.6 is 0 Å². The fraction of sp³-hybridized carbons (Fsp3) is 0.438. The Kier molecular flexibility index (Phi) is 6.08. The molecule has 0 fully saturated rings. The zero-order valence-electron chi connectivity index (χ0n) is 13.7. The second-order valence-corrected chi connectivity index (χ2v) is 5.75. The molecule has 0 aliphatic heterocycles. The van der Waals surface area contributed by atoms with Crippen LogP contribution in [0.2, 0.25) is 0 Å². The van der Waals surface area contributed by atoms with E-state index in [-0.39, 0.29) is 24.1 Å². The Hall–Kier alpha value is -2.62. The molecule has 1 unspecified atom stereocenters. The van der Waals surface area contributed by atoms with Crippen LogP contribution in [-0.2, 0) is 9.59 Å². The number of hydrogen-bond donors (Lipinski definition) is 3. The lowest BCUT2D eigenvalue weighted by Crippen LogP contribution is -2.50.